The molecular weight excluding hydrogens is 596 g/mol. The summed E-state index contributed by atoms with van der Waals surface area (Å²) in [5, 5.41) is 8.08. The average molecular weight is 635 g/mol. The van der Waals surface area contributed by atoms with E-state index in [9.17, 15) is 4.79 Å². The van der Waals surface area contributed by atoms with Gasteiger partial charge in [0.15, 0.2) is 11.6 Å². The lowest BCUT2D eigenvalue weighted by Gasteiger charge is -2.21. The number of nitrogens with one attached hydrogen (secondary N) is 2. The van der Waals surface area contributed by atoms with Crippen molar-refractivity contribution in [3.63, 3.8) is 0 Å². The topological polar surface area (TPSA) is 91.2 Å². The number of aromatic nitrogens is 4. The zero-order valence-electron chi connectivity index (χ0n) is 26.8. The summed E-state index contributed by atoms with van der Waals surface area (Å²) < 4.78 is 1.90. The van der Waals surface area contributed by atoms with Crippen LogP contribution in [-0.4, -0.2) is 61.9 Å². The maximum Gasteiger partial charge on any atom is 0.291 e. The molecule has 2 aliphatic rings. The highest BCUT2D eigenvalue weighted by molar-refractivity contribution is 6.36. The number of hydrogen-bond acceptors (Lipinski definition) is 7. The van der Waals surface area contributed by atoms with E-state index in [1.54, 1.807) is 0 Å². The van der Waals surface area contributed by atoms with Gasteiger partial charge in [0.25, 0.3) is 5.91 Å². The number of hydrogen-bond donors (Lipinski definition) is 2. The normalized spacial score (nSPS) is 16.9. The largest absolute Gasteiger partial charge is 0.338 e. The molecule has 5 aromatic rings. The summed E-state index contributed by atoms with van der Waals surface area (Å²) in [5.41, 5.74) is 8.34. The molecule has 236 valence electrons. The lowest BCUT2D eigenvalue weighted by atomic mass is 9.98. The summed E-state index contributed by atoms with van der Waals surface area (Å²) in [5.74, 6) is 1.56. The van der Waals surface area contributed by atoms with E-state index in [2.05, 4.69) is 57.4 Å². The molecule has 0 aliphatic carbocycles. The second kappa shape index (κ2) is 12.5. The number of imidazole rings is 1. The second-order valence-electron chi connectivity index (χ2n) is 12.8. The fourth-order valence-electron chi connectivity index (χ4n) is 6.78. The van der Waals surface area contributed by atoms with Crippen molar-refractivity contribution in [1.82, 2.24) is 29.3 Å². The van der Waals surface area contributed by atoms with E-state index in [1.165, 1.54) is 12.0 Å². The molecule has 0 unspecified atom stereocenters. The number of amides is 1. The molecule has 0 bridgehead atoms. The predicted molar refractivity (Wildman–Crippen MR) is 185 cm³/mol. The van der Waals surface area contributed by atoms with Crippen LogP contribution in [0.25, 0.3) is 22.0 Å². The Bertz CT molecular complexity index is 1950. The van der Waals surface area contributed by atoms with Gasteiger partial charge in [-0.05, 0) is 73.8 Å². The summed E-state index contributed by atoms with van der Waals surface area (Å²) >= 11 is 6.99. The van der Waals surface area contributed by atoms with Crippen LogP contribution in [0, 0.1) is 12.8 Å². The maximum absolute atomic E-state index is 13.4. The standard InChI is InChI=1S/C36H39ClN8O/c1-22-12-16-45(19-22)20-24-17-25-11-14-38-34(33(25)39-18-24)40-28-9-5-7-26(23(28)2)27-8-6-10-29(32(27)37)42-36(46)35-41-30-21-43(3)15-13-31(30)44(35)4/h5-11,14,17-18,22H,12-13,15-16,19-21H2,1-4H3,(H,38,40)(H,42,46)/t22-/m1/s1. The third-order valence-electron chi connectivity index (χ3n) is 9.34. The van der Waals surface area contributed by atoms with Crippen LogP contribution in [-0.2, 0) is 26.6 Å². The highest BCUT2D eigenvalue weighted by atomic mass is 35.5. The molecule has 2 N–H and O–H groups in total. The first-order valence-electron chi connectivity index (χ1n) is 15.9. The summed E-state index contributed by atoms with van der Waals surface area (Å²) in [6.45, 7) is 9.25. The van der Waals surface area contributed by atoms with E-state index in [0.29, 0.717) is 22.4 Å². The van der Waals surface area contributed by atoms with Crippen molar-refractivity contribution in [2.24, 2.45) is 13.0 Å². The highest BCUT2D eigenvalue weighted by Gasteiger charge is 2.25. The van der Waals surface area contributed by atoms with E-state index in [-0.39, 0.29) is 5.91 Å². The lowest BCUT2D eigenvalue weighted by Crippen LogP contribution is -2.27. The van der Waals surface area contributed by atoms with Crippen LogP contribution < -0.4 is 10.6 Å². The van der Waals surface area contributed by atoms with Crippen molar-refractivity contribution in [2.45, 2.75) is 39.8 Å². The van der Waals surface area contributed by atoms with Crippen molar-refractivity contribution < 1.29 is 4.79 Å². The van der Waals surface area contributed by atoms with Crippen molar-refractivity contribution >= 4 is 45.6 Å². The smallest absolute Gasteiger partial charge is 0.291 e. The van der Waals surface area contributed by atoms with Crippen molar-refractivity contribution in [1.29, 1.82) is 0 Å². The molecule has 0 spiro atoms. The van der Waals surface area contributed by atoms with Crippen LogP contribution in [0.15, 0.2) is 60.9 Å². The number of carbonyl (C=O) groups excluding carboxylic acids is 1. The number of halogens is 1. The van der Waals surface area contributed by atoms with Crippen LogP contribution in [0.3, 0.4) is 0 Å². The van der Waals surface area contributed by atoms with Gasteiger partial charge in [0.2, 0.25) is 0 Å². The molecule has 2 aliphatic heterocycles. The van der Waals surface area contributed by atoms with Crippen molar-refractivity contribution in [2.75, 3.05) is 37.3 Å². The predicted octanol–water partition coefficient (Wildman–Crippen LogP) is 6.82. The number of nitrogens with zero attached hydrogens (tertiary/aromatic N) is 6. The average Bonchev–Trinajstić information content (AvgIpc) is 3.60. The Morgan fingerprint density at radius 2 is 1.85 bits per heavy atom. The molecule has 0 saturated carbocycles. The van der Waals surface area contributed by atoms with Gasteiger partial charge in [-0.15, -0.1) is 0 Å². The second-order valence-corrected chi connectivity index (χ2v) is 13.2. The Labute approximate surface area is 274 Å². The molecule has 1 atom stereocenters. The third kappa shape index (κ3) is 5.86. The Morgan fingerprint density at radius 3 is 2.65 bits per heavy atom. The van der Waals surface area contributed by atoms with Crippen LogP contribution in [0.2, 0.25) is 5.02 Å². The zero-order chi connectivity index (χ0) is 31.9. The summed E-state index contributed by atoms with van der Waals surface area (Å²) in [6, 6.07) is 16.0. The van der Waals surface area contributed by atoms with Crippen LogP contribution in [0.5, 0.6) is 0 Å². The molecule has 9 nitrogen and oxygen atoms in total. The minimum atomic E-state index is -0.279. The van der Waals surface area contributed by atoms with Gasteiger partial charge in [0, 0.05) is 74.4 Å². The minimum Gasteiger partial charge on any atom is -0.338 e. The SMILES string of the molecule is Cc1c(Nc2nccc3cc(CN4CC[C@@H](C)C4)cnc23)cccc1-c1cccc(NC(=O)c2nc3c(n2C)CCN(C)C3)c1Cl. The van der Waals surface area contributed by atoms with Crippen LogP contribution in [0.1, 0.15) is 46.5 Å². The van der Waals surface area contributed by atoms with E-state index in [0.717, 1.165) is 89.7 Å². The minimum absolute atomic E-state index is 0.279. The maximum atomic E-state index is 13.4. The van der Waals surface area contributed by atoms with Gasteiger partial charge < -0.3 is 20.1 Å². The van der Waals surface area contributed by atoms with Crippen molar-refractivity contribution in [3.05, 3.63) is 94.3 Å². The molecule has 1 saturated heterocycles. The van der Waals surface area contributed by atoms with Gasteiger partial charge in [-0.25, -0.2) is 9.97 Å². The van der Waals surface area contributed by atoms with Crippen LogP contribution >= 0.6 is 11.6 Å². The van der Waals surface area contributed by atoms with Gasteiger partial charge in [0.1, 0.15) is 5.52 Å². The quantitative estimate of drug-likeness (QED) is 0.203. The van der Waals surface area contributed by atoms with Gasteiger partial charge in [-0.2, -0.15) is 0 Å². The number of fused-ring (bicyclic) bond motifs is 2. The number of rotatable bonds is 7. The summed E-state index contributed by atoms with van der Waals surface area (Å²) in [7, 11) is 3.97. The molecule has 7 rings (SSSR count). The Kier molecular flexibility index (Phi) is 8.23. The molecule has 10 heteroatoms. The molecule has 5 heterocycles. The van der Waals surface area contributed by atoms with Gasteiger partial charge in [-0.3, -0.25) is 14.7 Å². The number of carbonyl (C=O) groups is 1. The molecule has 3 aromatic heterocycles. The fourth-order valence-corrected chi connectivity index (χ4v) is 7.05. The van der Waals surface area contributed by atoms with Crippen LogP contribution in [0.4, 0.5) is 17.2 Å². The van der Waals surface area contributed by atoms with E-state index >= 15 is 0 Å². The number of pyridine rings is 2. The van der Waals surface area contributed by atoms with E-state index < -0.39 is 0 Å². The number of anilines is 3. The molecule has 1 fully saturated rings. The molecule has 46 heavy (non-hydrogen) atoms. The van der Waals surface area contributed by atoms with Gasteiger partial charge >= 0.3 is 0 Å². The lowest BCUT2D eigenvalue weighted by molar-refractivity contribution is 0.101. The first-order valence-corrected chi connectivity index (χ1v) is 16.3. The third-order valence-corrected chi connectivity index (χ3v) is 9.75. The fraction of sp³-hybridized carbons (Fsp3) is 0.333. The van der Waals surface area contributed by atoms with E-state index in [4.69, 9.17) is 16.6 Å². The van der Waals surface area contributed by atoms with Gasteiger partial charge in [-0.1, -0.05) is 42.8 Å². The molecule has 0 radical (unpaired) electrons. The zero-order valence-corrected chi connectivity index (χ0v) is 27.5. The highest BCUT2D eigenvalue weighted by Crippen LogP contribution is 2.38. The first kappa shape index (κ1) is 30.3. The van der Waals surface area contributed by atoms with E-state index in [1.807, 2.05) is 66.5 Å². The van der Waals surface area contributed by atoms with Gasteiger partial charge in [0.05, 0.1) is 16.4 Å². The van der Waals surface area contributed by atoms with Crippen molar-refractivity contribution in [3.8, 4) is 11.1 Å². The monoisotopic (exact) mass is 634 g/mol. The number of likely N-dealkylation sites (tertiary alicyclic amines) is 1. The Morgan fingerprint density at radius 1 is 1.04 bits per heavy atom. The molecular formula is C36H39ClN8O. The Balaban J connectivity index is 1.13. The molecule has 2 aromatic carbocycles. The first-order chi connectivity index (χ1) is 22.2. The molecule has 1 amide bonds. The summed E-state index contributed by atoms with van der Waals surface area (Å²) in [6.07, 6.45) is 5.92. The number of likely N-dealkylation sites (N-methyl/N-ethyl adjacent to an activating group) is 1. The number of benzene rings is 2. The Hall–Kier alpha value is -4.31. The summed E-state index contributed by atoms with van der Waals surface area (Å²) in [4.78, 5) is 32.3.